The molecule has 0 aromatic heterocycles. The van der Waals surface area contributed by atoms with Gasteiger partial charge in [-0.3, -0.25) is 4.79 Å². The first-order valence-electron chi connectivity index (χ1n) is 11.0. The topological polar surface area (TPSA) is 60.0 Å². The molecule has 6 heteroatoms. The molecule has 0 spiro atoms. The Hall–Kier alpha value is -2.89. The highest BCUT2D eigenvalue weighted by atomic mass is 16.5. The molecule has 1 saturated heterocycles. The summed E-state index contributed by atoms with van der Waals surface area (Å²) in [5, 5.41) is 2.90. The fraction of sp³-hybridized carbons (Fsp3) is 0.480. The Kier molecular flexibility index (Phi) is 5.99. The summed E-state index contributed by atoms with van der Waals surface area (Å²) in [6, 6.07) is 14.1. The summed E-state index contributed by atoms with van der Waals surface area (Å²) in [7, 11) is 0. The maximum atomic E-state index is 11.2. The van der Waals surface area contributed by atoms with Crippen LogP contribution >= 0.6 is 0 Å². The normalized spacial score (nSPS) is 20.6. The van der Waals surface area contributed by atoms with Crippen LogP contribution in [0.4, 0.5) is 5.69 Å². The molecule has 2 heterocycles. The zero-order valence-electron chi connectivity index (χ0n) is 18.8. The minimum atomic E-state index is -0.0302. The number of hydrogen-bond acceptors (Lipinski definition) is 5. The molecule has 6 nitrogen and oxygen atoms in total. The van der Waals surface area contributed by atoms with E-state index in [0.717, 1.165) is 48.0 Å². The van der Waals surface area contributed by atoms with Gasteiger partial charge < -0.3 is 24.4 Å². The van der Waals surface area contributed by atoms with Crippen LogP contribution in [0.15, 0.2) is 42.5 Å². The number of anilines is 1. The lowest BCUT2D eigenvalue weighted by molar-refractivity contribution is -0.119. The van der Waals surface area contributed by atoms with Crippen LogP contribution in [0.1, 0.15) is 45.7 Å². The van der Waals surface area contributed by atoms with Crippen molar-refractivity contribution in [3.05, 3.63) is 48.0 Å². The van der Waals surface area contributed by atoms with Crippen LogP contribution in [-0.2, 0) is 4.79 Å². The fourth-order valence-corrected chi connectivity index (χ4v) is 3.99. The molecule has 4 rings (SSSR count). The van der Waals surface area contributed by atoms with Gasteiger partial charge >= 0.3 is 0 Å². The Morgan fingerprint density at radius 3 is 2.55 bits per heavy atom. The highest BCUT2D eigenvalue weighted by Gasteiger charge is 2.28. The van der Waals surface area contributed by atoms with Gasteiger partial charge in [-0.2, -0.15) is 0 Å². The van der Waals surface area contributed by atoms with Gasteiger partial charge in [0.25, 0.3) is 0 Å². The molecule has 1 N–H and O–H groups in total. The third-order valence-electron chi connectivity index (χ3n) is 5.78. The van der Waals surface area contributed by atoms with Crippen LogP contribution in [0.3, 0.4) is 0 Å². The summed E-state index contributed by atoms with van der Waals surface area (Å²) in [4.78, 5) is 13.6. The van der Waals surface area contributed by atoms with Gasteiger partial charge in [0.05, 0.1) is 25.8 Å². The largest absolute Gasteiger partial charge is 0.489 e. The standard InChI is InChI=1S/C25H32N2O4/c1-17(26-18(2)28)19-5-8-21(9-6-19)31-22-11-12-27(14-22)20-7-10-23-24(13-20)30-16-25(3,4)15-29-23/h5-10,13,17,22H,11-12,14-16H2,1-4H3,(H,26,28)/t17-,22?/m0/s1. The molecule has 31 heavy (non-hydrogen) atoms. The molecule has 0 radical (unpaired) electrons. The second kappa shape index (κ2) is 8.69. The molecule has 2 aliphatic rings. The van der Waals surface area contributed by atoms with Gasteiger partial charge in [0.2, 0.25) is 5.91 Å². The molecule has 1 unspecified atom stereocenters. The average molecular weight is 425 g/mol. The van der Waals surface area contributed by atoms with Crippen LogP contribution in [-0.4, -0.2) is 38.3 Å². The number of carbonyl (C=O) groups excluding carboxylic acids is 1. The average Bonchev–Trinajstić information content (AvgIpc) is 3.13. The van der Waals surface area contributed by atoms with E-state index >= 15 is 0 Å². The predicted molar refractivity (Wildman–Crippen MR) is 121 cm³/mol. The Morgan fingerprint density at radius 2 is 1.84 bits per heavy atom. The van der Waals surface area contributed by atoms with Crippen LogP contribution in [0.2, 0.25) is 0 Å². The van der Waals surface area contributed by atoms with E-state index in [2.05, 4.69) is 36.2 Å². The van der Waals surface area contributed by atoms with Crippen molar-refractivity contribution in [2.75, 3.05) is 31.2 Å². The highest BCUT2D eigenvalue weighted by Crippen LogP contribution is 2.37. The maximum absolute atomic E-state index is 11.2. The van der Waals surface area contributed by atoms with Gasteiger partial charge in [0.1, 0.15) is 11.9 Å². The minimum Gasteiger partial charge on any atom is -0.489 e. The fourth-order valence-electron chi connectivity index (χ4n) is 3.99. The first-order valence-corrected chi connectivity index (χ1v) is 11.0. The number of nitrogens with one attached hydrogen (secondary N) is 1. The van der Waals surface area contributed by atoms with Gasteiger partial charge in [-0.1, -0.05) is 26.0 Å². The lowest BCUT2D eigenvalue weighted by Gasteiger charge is -2.21. The van der Waals surface area contributed by atoms with Crippen LogP contribution in [0, 0.1) is 5.41 Å². The van der Waals surface area contributed by atoms with Gasteiger partial charge in [0, 0.05) is 37.1 Å². The summed E-state index contributed by atoms with van der Waals surface area (Å²) in [6.07, 6.45) is 1.10. The number of benzene rings is 2. The number of rotatable bonds is 5. The Balaban J connectivity index is 1.36. The highest BCUT2D eigenvalue weighted by molar-refractivity contribution is 5.73. The van der Waals surface area contributed by atoms with Crippen molar-refractivity contribution in [1.29, 1.82) is 0 Å². The molecule has 166 valence electrons. The number of carbonyl (C=O) groups is 1. The lowest BCUT2D eigenvalue weighted by atomic mass is 9.97. The van der Waals surface area contributed by atoms with Crippen molar-refractivity contribution in [2.24, 2.45) is 5.41 Å². The van der Waals surface area contributed by atoms with Gasteiger partial charge in [0.15, 0.2) is 11.5 Å². The molecular formula is C25H32N2O4. The van der Waals surface area contributed by atoms with Crippen molar-refractivity contribution >= 4 is 11.6 Å². The Morgan fingerprint density at radius 1 is 1.13 bits per heavy atom. The lowest BCUT2D eigenvalue weighted by Crippen LogP contribution is -2.26. The predicted octanol–water partition coefficient (Wildman–Crippen LogP) is 4.34. The monoisotopic (exact) mass is 424 g/mol. The molecule has 1 fully saturated rings. The number of hydrogen-bond donors (Lipinski definition) is 1. The first kappa shape index (κ1) is 21.3. The summed E-state index contributed by atoms with van der Waals surface area (Å²) >= 11 is 0. The van der Waals surface area contributed by atoms with Crippen molar-refractivity contribution in [3.8, 4) is 17.2 Å². The zero-order chi connectivity index (χ0) is 22.0. The number of ether oxygens (including phenoxy) is 3. The van der Waals surface area contributed by atoms with E-state index in [4.69, 9.17) is 14.2 Å². The first-order chi connectivity index (χ1) is 14.8. The molecule has 0 saturated carbocycles. The summed E-state index contributed by atoms with van der Waals surface area (Å²) in [5.74, 6) is 2.45. The van der Waals surface area contributed by atoms with Gasteiger partial charge in [-0.05, 0) is 36.8 Å². The quantitative estimate of drug-likeness (QED) is 0.774. The minimum absolute atomic E-state index is 0.00123. The van der Waals surface area contributed by atoms with E-state index in [1.165, 1.54) is 6.92 Å². The van der Waals surface area contributed by atoms with Gasteiger partial charge in [-0.15, -0.1) is 0 Å². The molecule has 2 aromatic rings. The number of fused-ring (bicyclic) bond motifs is 1. The van der Waals surface area contributed by atoms with E-state index < -0.39 is 0 Å². The van der Waals surface area contributed by atoms with Crippen molar-refractivity contribution < 1.29 is 19.0 Å². The maximum Gasteiger partial charge on any atom is 0.217 e. The summed E-state index contributed by atoms with van der Waals surface area (Å²) in [5.41, 5.74) is 2.19. The molecule has 1 amide bonds. The summed E-state index contributed by atoms with van der Waals surface area (Å²) < 4.78 is 18.2. The van der Waals surface area contributed by atoms with Crippen LogP contribution in [0.5, 0.6) is 17.2 Å². The van der Waals surface area contributed by atoms with E-state index in [-0.39, 0.29) is 23.5 Å². The van der Waals surface area contributed by atoms with Crippen molar-refractivity contribution in [3.63, 3.8) is 0 Å². The molecule has 2 atom stereocenters. The smallest absolute Gasteiger partial charge is 0.217 e. The SMILES string of the molecule is CC(=O)N[C@@H](C)c1ccc(OC2CCN(c3ccc4c(c3)OCC(C)(C)CO4)C2)cc1. The van der Waals surface area contributed by atoms with Crippen molar-refractivity contribution in [2.45, 2.75) is 46.3 Å². The third-order valence-corrected chi connectivity index (χ3v) is 5.78. The molecule has 0 aliphatic carbocycles. The zero-order valence-corrected chi connectivity index (χ0v) is 18.8. The summed E-state index contributed by atoms with van der Waals surface area (Å²) in [6.45, 7) is 10.9. The van der Waals surface area contributed by atoms with E-state index in [1.807, 2.05) is 37.3 Å². The molecular weight excluding hydrogens is 392 g/mol. The molecule has 2 aromatic carbocycles. The molecule has 0 bridgehead atoms. The van der Waals surface area contributed by atoms with E-state index in [1.54, 1.807) is 0 Å². The Labute approximate surface area is 184 Å². The van der Waals surface area contributed by atoms with E-state index in [9.17, 15) is 4.79 Å². The third kappa shape index (κ3) is 5.24. The second-order valence-corrected chi connectivity index (χ2v) is 9.34. The van der Waals surface area contributed by atoms with Crippen LogP contribution in [0.25, 0.3) is 0 Å². The van der Waals surface area contributed by atoms with Crippen LogP contribution < -0.4 is 24.4 Å². The van der Waals surface area contributed by atoms with Crippen molar-refractivity contribution in [1.82, 2.24) is 5.32 Å². The Bertz CT molecular complexity index is 926. The van der Waals surface area contributed by atoms with Gasteiger partial charge in [-0.25, -0.2) is 0 Å². The molecule has 2 aliphatic heterocycles. The number of nitrogens with zero attached hydrogens (tertiary/aromatic N) is 1. The number of amides is 1. The van der Waals surface area contributed by atoms with E-state index in [0.29, 0.717) is 13.2 Å². The second-order valence-electron chi connectivity index (χ2n) is 9.34.